The van der Waals surface area contributed by atoms with Gasteiger partial charge in [0.1, 0.15) is 11.6 Å². The zero-order chi connectivity index (χ0) is 21.0. The molecule has 0 radical (unpaired) electrons. The Morgan fingerprint density at radius 3 is 2.45 bits per heavy atom. The van der Waals surface area contributed by atoms with Crippen molar-refractivity contribution in [2.75, 3.05) is 18.4 Å². The van der Waals surface area contributed by atoms with E-state index in [0.29, 0.717) is 29.4 Å². The average molecular weight is 417 g/mol. The summed E-state index contributed by atoms with van der Waals surface area (Å²) in [5.74, 6) is 0.739. The van der Waals surface area contributed by atoms with Crippen LogP contribution in [0.1, 0.15) is 30.4 Å². The fourth-order valence-electron chi connectivity index (χ4n) is 4.12. The second-order valence-electron chi connectivity index (χ2n) is 7.95. The molecule has 158 valence electrons. The van der Waals surface area contributed by atoms with Gasteiger partial charge in [-0.05, 0) is 61.3 Å². The van der Waals surface area contributed by atoms with Crippen molar-refractivity contribution in [1.29, 1.82) is 0 Å². The van der Waals surface area contributed by atoms with Crippen LogP contribution in [0.2, 0.25) is 0 Å². The summed E-state index contributed by atoms with van der Waals surface area (Å²) in [6.45, 7) is 3.99. The first-order valence-electron chi connectivity index (χ1n) is 10.8. The van der Waals surface area contributed by atoms with Crippen LogP contribution in [-0.4, -0.2) is 37.8 Å². The maximum atomic E-state index is 14.3. The molecular formula is C24H25FN6. The fraction of sp³-hybridized carbons (Fsp3) is 0.292. The third-order valence-corrected chi connectivity index (χ3v) is 5.80. The molecule has 1 N–H and O–H groups in total. The Labute approximate surface area is 180 Å². The minimum absolute atomic E-state index is 0.344. The molecule has 4 aromatic rings. The lowest BCUT2D eigenvalue weighted by molar-refractivity contribution is 0.220. The minimum atomic E-state index is -0.344. The van der Waals surface area contributed by atoms with Gasteiger partial charge in [0.25, 0.3) is 0 Å². The smallest absolute Gasteiger partial charge is 0.188 e. The van der Waals surface area contributed by atoms with E-state index >= 15 is 0 Å². The topological polar surface area (TPSA) is 58.4 Å². The highest BCUT2D eigenvalue weighted by atomic mass is 19.1. The van der Waals surface area contributed by atoms with Gasteiger partial charge in [0.2, 0.25) is 0 Å². The molecule has 1 saturated heterocycles. The molecule has 31 heavy (non-hydrogen) atoms. The maximum absolute atomic E-state index is 14.3. The van der Waals surface area contributed by atoms with E-state index in [1.807, 2.05) is 12.1 Å². The van der Waals surface area contributed by atoms with Gasteiger partial charge >= 0.3 is 0 Å². The number of hydrogen-bond donors (Lipinski definition) is 1. The van der Waals surface area contributed by atoms with Crippen molar-refractivity contribution in [2.24, 2.45) is 0 Å². The molecule has 1 aliphatic rings. The van der Waals surface area contributed by atoms with Gasteiger partial charge in [-0.2, -0.15) is 4.52 Å². The molecule has 0 aliphatic carbocycles. The summed E-state index contributed by atoms with van der Waals surface area (Å²) in [5.41, 5.74) is 3.56. The van der Waals surface area contributed by atoms with Crippen molar-refractivity contribution in [1.82, 2.24) is 24.7 Å². The number of benzene rings is 2. The van der Waals surface area contributed by atoms with Crippen molar-refractivity contribution in [3.8, 4) is 11.4 Å². The molecule has 1 aliphatic heterocycles. The number of halogens is 1. The van der Waals surface area contributed by atoms with E-state index < -0.39 is 0 Å². The Kier molecular flexibility index (Phi) is 5.58. The van der Waals surface area contributed by atoms with Gasteiger partial charge in [-0.1, -0.05) is 42.8 Å². The number of nitrogens with one attached hydrogen (secondary N) is 1. The molecular weight excluding hydrogens is 391 g/mol. The number of fused-ring (bicyclic) bond motifs is 1. The van der Waals surface area contributed by atoms with Crippen molar-refractivity contribution < 1.29 is 4.39 Å². The van der Waals surface area contributed by atoms with Gasteiger partial charge in [-0.3, -0.25) is 4.90 Å². The van der Waals surface area contributed by atoms with Gasteiger partial charge in [0.05, 0.1) is 5.56 Å². The summed E-state index contributed by atoms with van der Waals surface area (Å²) in [4.78, 5) is 2.53. The Morgan fingerprint density at radius 2 is 1.61 bits per heavy atom. The average Bonchev–Trinajstić information content (AvgIpc) is 3.23. The summed E-state index contributed by atoms with van der Waals surface area (Å²) in [5, 5.41) is 16.3. The van der Waals surface area contributed by atoms with Gasteiger partial charge in [-0.25, -0.2) is 4.39 Å². The van der Waals surface area contributed by atoms with Crippen LogP contribution in [-0.2, 0) is 13.1 Å². The first kappa shape index (κ1) is 19.6. The number of piperidine rings is 1. The van der Waals surface area contributed by atoms with Crippen LogP contribution in [0.5, 0.6) is 0 Å². The number of nitrogens with zero attached hydrogens (tertiary/aromatic N) is 5. The first-order valence-corrected chi connectivity index (χ1v) is 10.8. The van der Waals surface area contributed by atoms with E-state index in [9.17, 15) is 4.39 Å². The highest BCUT2D eigenvalue weighted by Gasteiger charge is 2.15. The Morgan fingerprint density at radius 1 is 0.839 bits per heavy atom. The van der Waals surface area contributed by atoms with Crippen molar-refractivity contribution in [2.45, 2.75) is 32.4 Å². The van der Waals surface area contributed by atoms with Crippen LogP contribution < -0.4 is 5.32 Å². The quantitative estimate of drug-likeness (QED) is 0.501. The molecule has 3 heterocycles. The first-order chi connectivity index (χ1) is 15.3. The zero-order valence-corrected chi connectivity index (χ0v) is 17.3. The summed E-state index contributed by atoms with van der Waals surface area (Å²) in [6, 6.07) is 18.8. The number of anilines is 1. The molecule has 7 heteroatoms. The normalized spacial score (nSPS) is 14.7. The predicted octanol–water partition coefficient (Wildman–Crippen LogP) is 4.53. The summed E-state index contributed by atoms with van der Waals surface area (Å²) in [6.07, 6.45) is 3.91. The molecule has 0 bridgehead atoms. The standard InChI is InChI=1S/C24H25FN6/c25-21-11-5-4-10-20(21)24-28-27-23-13-12-22(29-31(23)24)26-16-18-8-2-3-9-19(18)17-30-14-6-1-7-15-30/h2-5,8-13H,1,6-7,14-17H2,(H,26,29). The zero-order valence-electron chi connectivity index (χ0n) is 17.3. The lowest BCUT2D eigenvalue weighted by atomic mass is 10.0. The predicted molar refractivity (Wildman–Crippen MR) is 119 cm³/mol. The second-order valence-corrected chi connectivity index (χ2v) is 7.95. The lowest BCUT2D eigenvalue weighted by Crippen LogP contribution is -2.29. The van der Waals surface area contributed by atoms with Crippen molar-refractivity contribution in [3.63, 3.8) is 0 Å². The van der Waals surface area contributed by atoms with Crippen molar-refractivity contribution in [3.05, 3.63) is 77.6 Å². The van der Waals surface area contributed by atoms with Crippen LogP contribution in [0, 0.1) is 5.82 Å². The van der Waals surface area contributed by atoms with Crippen LogP contribution in [0.25, 0.3) is 17.0 Å². The van der Waals surface area contributed by atoms with Gasteiger partial charge in [0.15, 0.2) is 11.5 Å². The number of aromatic nitrogens is 4. The summed E-state index contributed by atoms with van der Waals surface area (Å²) in [7, 11) is 0. The Balaban J connectivity index is 1.36. The van der Waals surface area contributed by atoms with Gasteiger partial charge < -0.3 is 5.32 Å². The van der Waals surface area contributed by atoms with Gasteiger partial charge in [0, 0.05) is 13.1 Å². The van der Waals surface area contributed by atoms with E-state index in [1.54, 1.807) is 22.7 Å². The summed E-state index contributed by atoms with van der Waals surface area (Å²) < 4.78 is 15.8. The number of hydrogen-bond acceptors (Lipinski definition) is 5. The molecule has 0 amide bonds. The molecule has 2 aromatic carbocycles. The Bertz CT molecular complexity index is 1180. The largest absolute Gasteiger partial charge is 0.365 e. The van der Waals surface area contributed by atoms with E-state index in [0.717, 1.165) is 6.54 Å². The third-order valence-electron chi connectivity index (χ3n) is 5.80. The van der Waals surface area contributed by atoms with Crippen LogP contribution in [0.4, 0.5) is 10.2 Å². The number of likely N-dealkylation sites (tertiary alicyclic amines) is 1. The van der Waals surface area contributed by atoms with E-state index in [4.69, 9.17) is 0 Å². The highest BCUT2D eigenvalue weighted by Crippen LogP contribution is 2.22. The Hall–Kier alpha value is -3.32. The maximum Gasteiger partial charge on any atom is 0.188 e. The molecule has 6 nitrogen and oxygen atoms in total. The molecule has 0 unspecified atom stereocenters. The third kappa shape index (κ3) is 4.27. The summed E-state index contributed by atoms with van der Waals surface area (Å²) >= 11 is 0. The van der Waals surface area contributed by atoms with Gasteiger partial charge in [-0.15, -0.1) is 15.3 Å². The second kappa shape index (κ2) is 8.81. The highest BCUT2D eigenvalue weighted by molar-refractivity contribution is 5.60. The molecule has 5 rings (SSSR count). The minimum Gasteiger partial charge on any atom is -0.365 e. The van der Waals surface area contributed by atoms with Crippen LogP contribution in [0.15, 0.2) is 60.7 Å². The number of rotatable bonds is 6. The lowest BCUT2D eigenvalue weighted by Gasteiger charge is -2.27. The van der Waals surface area contributed by atoms with E-state index in [2.05, 4.69) is 49.8 Å². The molecule has 0 saturated carbocycles. The van der Waals surface area contributed by atoms with Crippen molar-refractivity contribution >= 4 is 11.5 Å². The SMILES string of the molecule is Fc1ccccc1-c1nnc2ccc(NCc3ccccc3CN3CCCCC3)nn12. The van der Waals surface area contributed by atoms with E-state index in [-0.39, 0.29) is 5.82 Å². The molecule has 1 fully saturated rings. The molecule has 2 aromatic heterocycles. The monoisotopic (exact) mass is 416 g/mol. The van der Waals surface area contributed by atoms with Crippen LogP contribution in [0.3, 0.4) is 0 Å². The molecule has 0 spiro atoms. The van der Waals surface area contributed by atoms with Crippen LogP contribution >= 0.6 is 0 Å². The fourth-order valence-corrected chi connectivity index (χ4v) is 4.12. The molecule has 0 atom stereocenters. The van der Waals surface area contributed by atoms with E-state index in [1.165, 1.54) is 49.5 Å².